The van der Waals surface area contributed by atoms with Crippen molar-refractivity contribution in [3.63, 3.8) is 0 Å². The first-order chi connectivity index (χ1) is 9.93. The fourth-order valence-electron chi connectivity index (χ4n) is 1.94. The predicted octanol–water partition coefficient (Wildman–Crippen LogP) is 3.94. The molecule has 1 heterocycles. The van der Waals surface area contributed by atoms with Crippen molar-refractivity contribution >= 4 is 12.4 Å². The first-order valence-corrected chi connectivity index (χ1v) is 6.24. The van der Waals surface area contributed by atoms with Crippen molar-refractivity contribution in [2.75, 3.05) is 0 Å². The zero-order valence-corrected chi connectivity index (χ0v) is 12.5. The number of alkyl halides is 3. The van der Waals surface area contributed by atoms with Gasteiger partial charge in [0.1, 0.15) is 0 Å². The van der Waals surface area contributed by atoms with Gasteiger partial charge >= 0.3 is 6.18 Å². The lowest BCUT2D eigenvalue weighted by Crippen LogP contribution is -2.15. The highest BCUT2D eigenvalue weighted by atomic mass is 35.5. The van der Waals surface area contributed by atoms with Crippen molar-refractivity contribution in [3.8, 4) is 11.8 Å². The number of halogens is 4. The number of hydrogen-bond donors (Lipinski definition) is 1. The Morgan fingerprint density at radius 3 is 2.32 bits per heavy atom. The fraction of sp³-hybridized carbons (Fsp3) is 0.188. The van der Waals surface area contributed by atoms with Gasteiger partial charge in [-0.1, -0.05) is 18.1 Å². The van der Waals surface area contributed by atoms with Gasteiger partial charge < -0.3 is 5.73 Å². The van der Waals surface area contributed by atoms with E-state index in [4.69, 9.17) is 5.73 Å². The van der Waals surface area contributed by atoms with E-state index in [0.717, 1.165) is 12.1 Å². The van der Waals surface area contributed by atoms with Crippen LogP contribution in [0.25, 0.3) is 0 Å². The molecule has 2 nitrogen and oxygen atoms in total. The molecule has 0 aliphatic heterocycles. The van der Waals surface area contributed by atoms with Crippen LogP contribution in [0, 0.1) is 11.8 Å². The van der Waals surface area contributed by atoms with E-state index in [2.05, 4.69) is 16.8 Å². The van der Waals surface area contributed by atoms with Crippen molar-refractivity contribution in [2.45, 2.75) is 19.1 Å². The molecule has 0 fully saturated rings. The van der Waals surface area contributed by atoms with E-state index in [-0.39, 0.29) is 12.4 Å². The second-order valence-corrected chi connectivity index (χ2v) is 4.41. The summed E-state index contributed by atoms with van der Waals surface area (Å²) in [6.07, 6.45) is -2.77. The second-order valence-electron chi connectivity index (χ2n) is 4.41. The Labute approximate surface area is 133 Å². The maximum absolute atomic E-state index is 12.5. The smallest absolute Gasteiger partial charge is 0.319 e. The van der Waals surface area contributed by atoms with Gasteiger partial charge in [0.2, 0.25) is 0 Å². The quantitative estimate of drug-likeness (QED) is 0.849. The summed E-state index contributed by atoms with van der Waals surface area (Å²) in [5.74, 6) is 5.66. The number of benzene rings is 1. The first-order valence-electron chi connectivity index (χ1n) is 6.24. The Morgan fingerprint density at radius 1 is 1.14 bits per heavy atom. The highest BCUT2D eigenvalue weighted by Gasteiger charge is 2.30. The molecule has 22 heavy (non-hydrogen) atoms. The number of nitrogens with zero attached hydrogens (tertiary/aromatic N) is 1. The summed E-state index contributed by atoms with van der Waals surface area (Å²) < 4.78 is 37.6. The molecule has 0 bridgehead atoms. The van der Waals surface area contributed by atoms with Gasteiger partial charge in [0.25, 0.3) is 0 Å². The molecule has 0 aliphatic carbocycles. The summed E-state index contributed by atoms with van der Waals surface area (Å²) in [6, 6.07) is 7.67. The molecule has 2 rings (SSSR count). The van der Waals surface area contributed by atoms with Crippen LogP contribution in [0.4, 0.5) is 13.2 Å². The minimum Gasteiger partial charge on any atom is -0.319 e. The molecule has 1 unspecified atom stereocenters. The second kappa shape index (κ2) is 7.30. The van der Waals surface area contributed by atoms with E-state index in [9.17, 15) is 13.2 Å². The monoisotopic (exact) mass is 326 g/mol. The van der Waals surface area contributed by atoms with E-state index in [0.29, 0.717) is 16.8 Å². The van der Waals surface area contributed by atoms with Crippen LogP contribution in [-0.4, -0.2) is 4.98 Å². The Morgan fingerprint density at radius 2 is 1.77 bits per heavy atom. The van der Waals surface area contributed by atoms with Crippen molar-refractivity contribution in [2.24, 2.45) is 5.73 Å². The van der Waals surface area contributed by atoms with Gasteiger partial charge in [-0.3, -0.25) is 4.98 Å². The standard InChI is InChI=1S/C16H13F3N2.ClH/c1-2-4-12-5-3-10-21-15(12)14(20)11-6-8-13(9-7-11)16(17,18)19;/h3,5-10,14H,20H2,1H3;1H. The van der Waals surface area contributed by atoms with Crippen LogP contribution in [0.3, 0.4) is 0 Å². The molecule has 0 spiro atoms. The Bertz CT molecular complexity index is 685. The van der Waals surface area contributed by atoms with Crippen LogP contribution in [0.2, 0.25) is 0 Å². The van der Waals surface area contributed by atoms with Crippen molar-refractivity contribution in [1.82, 2.24) is 4.98 Å². The normalized spacial score (nSPS) is 11.9. The summed E-state index contributed by atoms with van der Waals surface area (Å²) >= 11 is 0. The average molecular weight is 327 g/mol. The maximum Gasteiger partial charge on any atom is 0.416 e. The summed E-state index contributed by atoms with van der Waals surface area (Å²) in [6.45, 7) is 1.69. The lowest BCUT2D eigenvalue weighted by molar-refractivity contribution is -0.137. The third-order valence-electron chi connectivity index (χ3n) is 2.99. The van der Waals surface area contributed by atoms with Crippen molar-refractivity contribution in [1.29, 1.82) is 0 Å². The van der Waals surface area contributed by atoms with Crippen LogP contribution in [-0.2, 0) is 6.18 Å². The summed E-state index contributed by atoms with van der Waals surface area (Å²) in [5, 5.41) is 0. The zero-order valence-electron chi connectivity index (χ0n) is 11.7. The Hall–Kier alpha value is -2.03. The zero-order chi connectivity index (χ0) is 15.5. The average Bonchev–Trinajstić information content (AvgIpc) is 2.47. The van der Waals surface area contributed by atoms with E-state index in [1.807, 2.05) is 0 Å². The van der Waals surface area contributed by atoms with Gasteiger partial charge in [0, 0.05) is 11.8 Å². The minimum atomic E-state index is -4.35. The molecule has 0 saturated carbocycles. The minimum absolute atomic E-state index is 0. The Kier molecular flexibility index (Phi) is 5.98. The summed E-state index contributed by atoms with van der Waals surface area (Å²) in [5.41, 5.74) is 7.17. The van der Waals surface area contributed by atoms with Crippen LogP contribution in [0.15, 0.2) is 42.6 Å². The molecule has 0 amide bonds. The Balaban J connectivity index is 0.00000242. The molecule has 2 N–H and O–H groups in total. The van der Waals surface area contributed by atoms with Crippen molar-refractivity contribution in [3.05, 3.63) is 65.0 Å². The van der Waals surface area contributed by atoms with Gasteiger partial charge in [-0.15, -0.1) is 18.3 Å². The molecule has 1 aromatic heterocycles. The number of rotatable bonds is 2. The molecule has 6 heteroatoms. The lowest BCUT2D eigenvalue weighted by atomic mass is 9.99. The molecular weight excluding hydrogens is 313 g/mol. The molecule has 116 valence electrons. The van der Waals surface area contributed by atoms with E-state index < -0.39 is 17.8 Å². The van der Waals surface area contributed by atoms with Gasteiger partial charge in [0.15, 0.2) is 0 Å². The molecule has 1 atom stereocenters. The number of nitrogens with two attached hydrogens (primary N) is 1. The third kappa shape index (κ3) is 4.00. The maximum atomic E-state index is 12.5. The number of aromatic nitrogens is 1. The number of hydrogen-bond acceptors (Lipinski definition) is 2. The van der Waals surface area contributed by atoms with E-state index in [1.165, 1.54) is 12.1 Å². The molecule has 1 aromatic carbocycles. The molecular formula is C16H14ClF3N2. The van der Waals surface area contributed by atoms with Crippen LogP contribution in [0.5, 0.6) is 0 Å². The largest absolute Gasteiger partial charge is 0.416 e. The van der Waals surface area contributed by atoms with Gasteiger partial charge in [-0.05, 0) is 36.8 Å². The van der Waals surface area contributed by atoms with Gasteiger partial charge in [-0.2, -0.15) is 13.2 Å². The first kappa shape index (κ1) is 18.0. The fourth-order valence-corrected chi connectivity index (χ4v) is 1.94. The summed E-state index contributed by atoms with van der Waals surface area (Å²) in [4.78, 5) is 4.20. The SMILES string of the molecule is CC#Cc1cccnc1C(N)c1ccc(C(F)(F)F)cc1.Cl. The topological polar surface area (TPSA) is 38.9 Å². The van der Waals surface area contributed by atoms with Crippen molar-refractivity contribution < 1.29 is 13.2 Å². The molecule has 0 saturated heterocycles. The number of pyridine rings is 1. The molecule has 0 aliphatic rings. The van der Waals surface area contributed by atoms with Gasteiger partial charge in [-0.25, -0.2) is 0 Å². The van der Waals surface area contributed by atoms with E-state index >= 15 is 0 Å². The van der Waals surface area contributed by atoms with E-state index in [1.54, 1.807) is 25.3 Å². The summed E-state index contributed by atoms with van der Waals surface area (Å²) in [7, 11) is 0. The molecule has 2 aromatic rings. The van der Waals surface area contributed by atoms with Crippen LogP contribution in [0.1, 0.15) is 35.3 Å². The molecule has 0 radical (unpaired) electrons. The van der Waals surface area contributed by atoms with Gasteiger partial charge in [0.05, 0.1) is 17.3 Å². The lowest BCUT2D eigenvalue weighted by Gasteiger charge is -2.14. The van der Waals surface area contributed by atoms with Crippen LogP contribution < -0.4 is 5.73 Å². The third-order valence-corrected chi connectivity index (χ3v) is 2.99. The van der Waals surface area contributed by atoms with Crippen LogP contribution >= 0.6 is 12.4 Å². The highest BCUT2D eigenvalue weighted by molar-refractivity contribution is 5.85. The predicted molar refractivity (Wildman–Crippen MR) is 81.5 cm³/mol. The highest BCUT2D eigenvalue weighted by Crippen LogP contribution is 2.30.